The molecule has 4 aromatic rings. The minimum atomic E-state index is 0.700. The maximum absolute atomic E-state index is 6.22. The number of fused-ring (bicyclic) bond motifs is 2. The second-order valence-corrected chi connectivity index (χ2v) is 7.83. The Hall–Kier alpha value is -2.98. The number of halogens is 1. The summed E-state index contributed by atoms with van der Waals surface area (Å²) in [7, 11) is 0. The van der Waals surface area contributed by atoms with E-state index >= 15 is 0 Å². The Balaban J connectivity index is 1.73. The predicted octanol–water partition coefficient (Wildman–Crippen LogP) is 5.99. The van der Waals surface area contributed by atoms with Gasteiger partial charge < -0.3 is 4.90 Å². The van der Waals surface area contributed by atoms with Crippen molar-refractivity contribution in [2.24, 2.45) is 0 Å². The molecule has 29 heavy (non-hydrogen) atoms. The number of rotatable bonds is 4. The van der Waals surface area contributed by atoms with Crippen LogP contribution in [0.3, 0.4) is 0 Å². The van der Waals surface area contributed by atoms with Crippen molar-refractivity contribution in [3.05, 3.63) is 77.1 Å². The van der Waals surface area contributed by atoms with E-state index in [1.807, 2.05) is 24.4 Å². The van der Waals surface area contributed by atoms with Gasteiger partial charge in [0.25, 0.3) is 0 Å². The van der Waals surface area contributed by atoms with Gasteiger partial charge >= 0.3 is 0 Å². The number of benzene rings is 2. The molecule has 5 rings (SSSR count). The summed E-state index contributed by atoms with van der Waals surface area (Å²) >= 11 is 6.22. The first-order valence-electron chi connectivity index (χ1n) is 10.00. The molecule has 0 unspecified atom stereocenters. The van der Waals surface area contributed by atoms with E-state index < -0.39 is 0 Å². The fraction of sp³-hybridized carbons (Fsp3) is 0.208. The van der Waals surface area contributed by atoms with Gasteiger partial charge in [-0.15, -0.1) is 0 Å². The third kappa shape index (κ3) is 3.34. The zero-order valence-corrected chi connectivity index (χ0v) is 17.0. The molecule has 0 radical (unpaired) electrons. The number of anilines is 2. The number of nitrogens with zero attached hydrogens (tertiary/aromatic N) is 4. The molecular formula is C24H21ClN4. The van der Waals surface area contributed by atoms with E-state index in [0.717, 1.165) is 53.1 Å². The molecule has 0 bridgehead atoms. The highest BCUT2D eigenvalue weighted by Crippen LogP contribution is 2.39. The van der Waals surface area contributed by atoms with Crippen molar-refractivity contribution in [1.29, 1.82) is 0 Å². The molecule has 0 saturated carbocycles. The molecule has 2 aromatic carbocycles. The van der Waals surface area contributed by atoms with Crippen LogP contribution in [0.1, 0.15) is 24.5 Å². The van der Waals surface area contributed by atoms with Crippen LogP contribution in [0.2, 0.25) is 5.02 Å². The predicted molar refractivity (Wildman–Crippen MR) is 119 cm³/mol. The summed E-state index contributed by atoms with van der Waals surface area (Å²) < 4.78 is 0. The molecule has 5 heteroatoms. The quantitative estimate of drug-likeness (QED) is 0.421. The Morgan fingerprint density at radius 3 is 2.83 bits per heavy atom. The Kier molecular flexibility index (Phi) is 4.64. The molecule has 2 aromatic heterocycles. The third-order valence-electron chi connectivity index (χ3n) is 5.39. The van der Waals surface area contributed by atoms with Crippen molar-refractivity contribution in [1.82, 2.24) is 15.0 Å². The van der Waals surface area contributed by atoms with Crippen molar-refractivity contribution in [2.75, 3.05) is 11.4 Å². The van der Waals surface area contributed by atoms with Crippen LogP contribution in [-0.2, 0) is 12.8 Å². The molecular weight excluding hydrogens is 380 g/mol. The van der Waals surface area contributed by atoms with Crippen LogP contribution in [-0.4, -0.2) is 21.5 Å². The van der Waals surface area contributed by atoms with E-state index in [0.29, 0.717) is 5.82 Å². The largest absolute Gasteiger partial charge is 0.325 e. The van der Waals surface area contributed by atoms with Crippen LogP contribution in [0.25, 0.3) is 22.3 Å². The fourth-order valence-electron chi connectivity index (χ4n) is 4.02. The van der Waals surface area contributed by atoms with Crippen molar-refractivity contribution >= 4 is 34.0 Å². The second-order valence-electron chi connectivity index (χ2n) is 7.39. The number of aryl methyl sites for hydroxylation is 1. The van der Waals surface area contributed by atoms with E-state index in [1.165, 1.54) is 16.8 Å². The molecule has 0 atom stereocenters. The molecule has 0 saturated heterocycles. The van der Waals surface area contributed by atoms with Crippen LogP contribution in [0.15, 0.2) is 60.9 Å². The van der Waals surface area contributed by atoms with Gasteiger partial charge in [0.15, 0.2) is 5.82 Å². The van der Waals surface area contributed by atoms with Gasteiger partial charge in [0.05, 0.1) is 5.52 Å². The minimum Gasteiger partial charge on any atom is -0.325 e. The molecule has 1 aliphatic heterocycles. The lowest BCUT2D eigenvalue weighted by Gasteiger charge is -2.21. The monoisotopic (exact) mass is 400 g/mol. The Morgan fingerprint density at radius 1 is 1.07 bits per heavy atom. The summed E-state index contributed by atoms with van der Waals surface area (Å²) in [5, 5.41) is 1.87. The molecule has 0 N–H and O–H groups in total. The van der Waals surface area contributed by atoms with Crippen LogP contribution in [0.4, 0.5) is 11.5 Å². The smallest absolute Gasteiger partial charge is 0.163 e. The van der Waals surface area contributed by atoms with Gasteiger partial charge in [-0.2, -0.15) is 0 Å². The summed E-state index contributed by atoms with van der Waals surface area (Å²) in [6, 6.07) is 16.6. The third-order valence-corrected chi connectivity index (χ3v) is 5.63. The Morgan fingerprint density at radius 2 is 2.00 bits per heavy atom. The minimum absolute atomic E-state index is 0.700. The number of pyridine rings is 1. The van der Waals surface area contributed by atoms with Gasteiger partial charge in [-0.05, 0) is 66.4 Å². The Bertz CT molecular complexity index is 1190. The van der Waals surface area contributed by atoms with Gasteiger partial charge in [0, 0.05) is 40.6 Å². The lowest BCUT2D eigenvalue weighted by Crippen LogP contribution is -2.16. The zero-order chi connectivity index (χ0) is 19.8. The number of hydrogen-bond acceptors (Lipinski definition) is 4. The van der Waals surface area contributed by atoms with E-state index in [4.69, 9.17) is 21.6 Å². The van der Waals surface area contributed by atoms with Gasteiger partial charge in [-0.25, -0.2) is 9.97 Å². The van der Waals surface area contributed by atoms with Gasteiger partial charge in [0.1, 0.15) is 5.82 Å². The molecule has 0 fully saturated rings. The van der Waals surface area contributed by atoms with E-state index in [-0.39, 0.29) is 0 Å². The van der Waals surface area contributed by atoms with Crippen LogP contribution in [0, 0.1) is 0 Å². The second kappa shape index (κ2) is 7.45. The molecule has 4 nitrogen and oxygen atoms in total. The highest BCUT2D eigenvalue weighted by atomic mass is 35.5. The van der Waals surface area contributed by atoms with Crippen LogP contribution >= 0.6 is 11.6 Å². The average molecular weight is 401 g/mol. The van der Waals surface area contributed by atoms with Crippen molar-refractivity contribution in [3.8, 4) is 11.4 Å². The normalized spacial score (nSPS) is 13.1. The zero-order valence-electron chi connectivity index (χ0n) is 16.3. The standard InChI is InChI=1S/C24H21ClN4/c1-2-4-16-6-8-21-20(13-16)24(28-23(27-21)18-5-3-11-26-15-18)29-12-10-17-14-19(25)7-9-22(17)29/h3,5-9,11,13-15H,2,4,10,12H2,1H3. The summed E-state index contributed by atoms with van der Waals surface area (Å²) in [5.41, 5.74) is 5.62. The van der Waals surface area contributed by atoms with Crippen molar-refractivity contribution < 1.29 is 0 Å². The average Bonchev–Trinajstić information content (AvgIpc) is 3.16. The van der Waals surface area contributed by atoms with Crippen LogP contribution < -0.4 is 4.90 Å². The highest BCUT2D eigenvalue weighted by Gasteiger charge is 2.24. The number of hydrogen-bond donors (Lipinski definition) is 0. The van der Waals surface area contributed by atoms with Gasteiger partial charge in [-0.3, -0.25) is 4.98 Å². The first-order chi connectivity index (χ1) is 14.2. The summed E-state index contributed by atoms with van der Waals surface area (Å²) in [6.45, 7) is 3.08. The van der Waals surface area contributed by atoms with Crippen molar-refractivity contribution in [2.45, 2.75) is 26.2 Å². The number of aromatic nitrogens is 3. The molecule has 0 aliphatic carbocycles. The van der Waals surface area contributed by atoms with E-state index in [9.17, 15) is 0 Å². The van der Waals surface area contributed by atoms with Gasteiger partial charge in [0.2, 0.25) is 0 Å². The fourth-order valence-corrected chi connectivity index (χ4v) is 4.22. The molecule has 144 valence electrons. The molecule has 0 spiro atoms. The highest BCUT2D eigenvalue weighted by molar-refractivity contribution is 6.30. The van der Waals surface area contributed by atoms with Gasteiger partial charge in [-0.1, -0.05) is 31.0 Å². The molecule has 0 amide bonds. The lowest BCUT2D eigenvalue weighted by molar-refractivity contribution is 0.922. The van der Waals surface area contributed by atoms with E-state index in [2.05, 4.69) is 47.1 Å². The Labute approximate surface area is 175 Å². The van der Waals surface area contributed by atoms with Crippen molar-refractivity contribution in [3.63, 3.8) is 0 Å². The maximum Gasteiger partial charge on any atom is 0.163 e. The summed E-state index contributed by atoms with van der Waals surface area (Å²) in [4.78, 5) is 16.4. The maximum atomic E-state index is 6.22. The lowest BCUT2D eigenvalue weighted by atomic mass is 10.1. The SMILES string of the molecule is CCCc1ccc2nc(-c3cccnc3)nc(N3CCc4cc(Cl)ccc43)c2c1. The topological polar surface area (TPSA) is 41.9 Å². The van der Waals surface area contributed by atoms with E-state index in [1.54, 1.807) is 6.20 Å². The molecule has 1 aliphatic rings. The summed E-state index contributed by atoms with van der Waals surface area (Å²) in [6.07, 6.45) is 6.70. The first kappa shape index (κ1) is 18.1. The summed E-state index contributed by atoms with van der Waals surface area (Å²) in [5.74, 6) is 1.65. The molecule has 3 heterocycles. The van der Waals surface area contributed by atoms with Crippen LogP contribution in [0.5, 0.6) is 0 Å². The first-order valence-corrected chi connectivity index (χ1v) is 10.4.